The molecular weight excluding hydrogens is 400 g/mol. The smallest absolute Gasteiger partial charge is 0.337 e. The highest BCUT2D eigenvalue weighted by molar-refractivity contribution is 5.92. The molecule has 0 saturated carbocycles. The average molecular weight is 424 g/mol. The number of aromatic hydroxyl groups is 2. The number of aromatic nitrogens is 3. The van der Waals surface area contributed by atoms with Crippen LogP contribution in [-0.4, -0.2) is 50.5 Å². The molecule has 0 spiro atoms. The SMILES string of the molecule is CCNC(=O)c1nnc(-c2cc(C(C)C)c(O)cc2O)n1-c1ccc(C(=O)OC)cc1. The van der Waals surface area contributed by atoms with Gasteiger partial charge in [0, 0.05) is 18.3 Å². The molecule has 9 nitrogen and oxygen atoms in total. The number of esters is 1. The number of phenolic OH excluding ortho intramolecular Hbond substituents is 2. The van der Waals surface area contributed by atoms with Gasteiger partial charge in [0.1, 0.15) is 11.5 Å². The number of hydrogen-bond donors (Lipinski definition) is 3. The van der Waals surface area contributed by atoms with Crippen molar-refractivity contribution < 1.29 is 24.5 Å². The number of carbonyl (C=O) groups is 2. The lowest BCUT2D eigenvalue weighted by molar-refractivity contribution is 0.0600. The molecule has 3 aromatic rings. The highest BCUT2D eigenvalue weighted by Crippen LogP contribution is 2.38. The first-order valence-electron chi connectivity index (χ1n) is 9.77. The zero-order chi connectivity index (χ0) is 22.7. The van der Waals surface area contributed by atoms with Crippen LogP contribution in [0.15, 0.2) is 36.4 Å². The van der Waals surface area contributed by atoms with E-state index in [2.05, 4.69) is 15.5 Å². The molecule has 3 N–H and O–H groups in total. The summed E-state index contributed by atoms with van der Waals surface area (Å²) < 4.78 is 6.21. The van der Waals surface area contributed by atoms with E-state index < -0.39 is 11.9 Å². The molecule has 0 aliphatic rings. The van der Waals surface area contributed by atoms with Crippen molar-refractivity contribution in [2.45, 2.75) is 26.7 Å². The molecule has 0 atom stereocenters. The van der Waals surface area contributed by atoms with Gasteiger partial charge in [0.25, 0.3) is 5.91 Å². The lowest BCUT2D eigenvalue weighted by atomic mass is 9.98. The minimum absolute atomic E-state index is 0.0150. The van der Waals surface area contributed by atoms with Crippen molar-refractivity contribution in [3.63, 3.8) is 0 Å². The van der Waals surface area contributed by atoms with E-state index in [1.165, 1.54) is 17.7 Å². The molecule has 2 aromatic carbocycles. The van der Waals surface area contributed by atoms with Crippen LogP contribution in [0.25, 0.3) is 17.1 Å². The molecule has 0 fully saturated rings. The van der Waals surface area contributed by atoms with E-state index in [1.807, 2.05) is 13.8 Å². The van der Waals surface area contributed by atoms with Gasteiger partial charge < -0.3 is 20.3 Å². The Morgan fingerprint density at radius 2 is 1.77 bits per heavy atom. The quantitative estimate of drug-likeness (QED) is 0.519. The summed E-state index contributed by atoms with van der Waals surface area (Å²) in [5, 5.41) is 31.6. The maximum atomic E-state index is 12.6. The number of amides is 1. The highest BCUT2D eigenvalue weighted by Gasteiger charge is 2.24. The van der Waals surface area contributed by atoms with Gasteiger partial charge in [-0.05, 0) is 48.7 Å². The van der Waals surface area contributed by atoms with Crippen LogP contribution < -0.4 is 5.32 Å². The molecule has 0 aliphatic heterocycles. The lowest BCUT2D eigenvalue weighted by Gasteiger charge is -2.14. The third-order valence-electron chi connectivity index (χ3n) is 4.76. The van der Waals surface area contributed by atoms with Gasteiger partial charge in [-0.25, -0.2) is 4.79 Å². The Morgan fingerprint density at radius 1 is 1.10 bits per heavy atom. The predicted octanol–water partition coefficient (Wildman–Crippen LogP) is 3.01. The van der Waals surface area contributed by atoms with Gasteiger partial charge >= 0.3 is 5.97 Å². The lowest BCUT2D eigenvalue weighted by Crippen LogP contribution is -2.26. The summed E-state index contributed by atoms with van der Waals surface area (Å²) >= 11 is 0. The van der Waals surface area contributed by atoms with E-state index in [1.54, 1.807) is 37.3 Å². The summed E-state index contributed by atoms with van der Waals surface area (Å²) in [7, 11) is 1.29. The summed E-state index contributed by atoms with van der Waals surface area (Å²) in [6, 6.07) is 9.24. The van der Waals surface area contributed by atoms with E-state index in [9.17, 15) is 19.8 Å². The molecule has 9 heteroatoms. The number of methoxy groups -OCH3 is 1. The molecular formula is C22H24N4O5. The van der Waals surface area contributed by atoms with Gasteiger partial charge in [-0.15, -0.1) is 10.2 Å². The fraction of sp³-hybridized carbons (Fsp3) is 0.273. The topological polar surface area (TPSA) is 127 Å². The van der Waals surface area contributed by atoms with Crippen LogP contribution in [0.4, 0.5) is 0 Å². The molecule has 0 unspecified atom stereocenters. The Balaban J connectivity index is 2.23. The van der Waals surface area contributed by atoms with E-state index >= 15 is 0 Å². The standard InChI is InChI=1S/C22H24N4O5/c1-5-23-21(29)20-25-24-19(16-10-15(12(2)3)17(27)11-18(16)28)26(20)14-8-6-13(7-9-14)22(30)31-4/h6-12,27-28H,5H2,1-4H3,(H,23,29). The summed E-state index contributed by atoms with van der Waals surface area (Å²) in [5.41, 5.74) is 1.77. The van der Waals surface area contributed by atoms with Crippen LogP contribution in [0.5, 0.6) is 11.5 Å². The number of nitrogens with zero attached hydrogens (tertiary/aromatic N) is 3. The zero-order valence-corrected chi connectivity index (χ0v) is 17.7. The minimum Gasteiger partial charge on any atom is -0.508 e. The van der Waals surface area contributed by atoms with Crippen molar-refractivity contribution in [2.24, 2.45) is 0 Å². The van der Waals surface area contributed by atoms with Crippen LogP contribution in [0, 0.1) is 0 Å². The number of carbonyl (C=O) groups excluding carboxylic acids is 2. The Bertz CT molecular complexity index is 1120. The maximum absolute atomic E-state index is 12.6. The normalized spacial score (nSPS) is 10.9. The second-order valence-corrected chi connectivity index (χ2v) is 7.16. The van der Waals surface area contributed by atoms with Gasteiger partial charge in [-0.2, -0.15) is 0 Å². The van der Waals surface area contributed by atoms with Crippen molar-refractivity contribution in [1.82, 2.24) is 20.1 Å². The second-order valence-electron chi connectivity index (χ2n) is 7.16. The van der Waals surface area contributed by atoms with Crippen LogP contribution in [0.3, 0.4) is 0 Å². The molecule has 1 aromatic heterocycles. The van der Waals surface area contributed by atoms with Gasteiger partial charge in [-0.3, -0.25) is 9.36 Å². The first-order valence-corrected chi connectivity index (χ1v) is 9.77. The van der Waals surface area contributed by atoms with Crippen molar-refractivity contribution in [3.8, 4) is 28.6 Å². The minimum atomic E-state index is -0.489. The third-order valence-corrected chi connectivity index (χ3v) is 4.76. The first-order chi connectivity index (χ1) is 14.8. The molecule has 0 bridgehead atoms. The number of rotatable bonds is 6. The van der Waals surface area contributed by atoms with E-state index in [0.717, 1.165) is 0 Å². The number of nitrogens with one attached hydrogen (secondary N) is 1. The number of phenols is 2. The van der Waals surface area contributed by atoms with Gasteiger partial charge in [0.05, 0.1) is 18.2 Å². The maximum Gasteiger partial charge on any atom is 0.337 e. The molecule has 162 valence electrons. The van der Waals surface area contributed by atoms with Crippen LogP contribution in [0.1, 0.15) is 53.2 Å². The van der Waals surface area contributed by atoms with Crippen LogP contribution >= 0.6 is 0 Å². The molecule has 0 aliphatic carbocycles. The van der Waals surface area contributed by atoms with Crippen LogP contribution in [0.2, 0.25) is 0 Å². The number of ether oxygens (including phenoxy) is 1. The van der Waals surface area contributed by atoms with Crippen LogP contribution in [-0.2, 0) is 4.74 Å². The monoisotopic (exact) mass is 424 g/mol. The fourth-order valence-corrected chi connectivity index (χ4v) is 3.19. The molecule has 1 heterocycles. The number of benzene rings is 2. The third kappa shape index (κ3) is 4.20. The van der Waals surface area contributed by atoms with E-state index in [0.29, 0.717) is 28.9 Å². The fourth-order valence-electron chi connectivity index (χ4n) is 3.19. The Kier molecular flexibility index (Phi) is 6.24. The van der Waals surface area contributed by atoms with E-state index in [4.69, 9.17) is 4.74 Å². The van der Waals surface area contributed by atoms with Gasteiger partial charge in [-0.1, -0.05) is 13.8 Å². The summed E-state index contributed by atoms with van der Waals surface area (Å²) in [4.78, 5) is 24.4. The van der Waals surface area contributed by atoms with Gasteiger partial charge in [0.15, 0.2) is 5.82 Å². The predicted molar refractivity (Wildman–Crippen MR) is 114 cm³/mol. The molecule has 31 heavy (non-hydrogen) atoms. The summed E-state index contributed by atoms with van der Waals surface area (Å²) in [5.74, 6) is -0.957. The van der Waals surface area contributed by atoms with Crippen molar-refractivity contribution >= 4 is 11.9 Å². The highest BCUT2D eigenvalue weighted by atomic mass is 16.5. The average Bonchev–Trinajstić information content (AvgIpc) is 3.18. The zero-order valence-electron chi connectivity index (χ0n) is 17.7. The molecule has 3 rings (SSSR count). The Hall–Kier alpha value is -3.88. The molecule has 0 saturated heterocycles. The van der Waals surface area contributed by atoms with Crippen molar-refractivity contribution in [2.75, 3.05) is 13.7 Å². The summed E-state index contributed by atoms with van der Waals surface area (Å²) in [6.45, 7) is 5.99. The second kappa shape index (κ2) is 8.86. The Labute approximate surface area is 179 Å². The van der Waals surface area contributed by atoms with Crippen molar-refractivity contribution in [1.29, 1.82) is 0 Å². The summed E-state index contributed by atoms with van der Waals surface area (Å²) in [6.07, 6.45) is 0. The first kappa shape index (κ1) is 21.8. The largest absolute Gasteiger partial charge is 0.508 e. The molecule has 0 radical (unpaired) electrons. The van der Waals surface area contributed by atoms with Gasteiger partial charge in [0.2, 0.25) is 5.82 Å². The van der Waals surface area contributed by atoms with Crippen molar-refractivity contribution in [3.05, 3.63) is 53.3 Å². The number of hydrogen-bond acceptors (Lipinski definition) is 7. The Morgan fingerprint density at radius 3 is 2.35 bits per heavy atom. The van der Waals surface area contributed by atoms with E-state index in [-0.39, 0.29) is 29.1 Å². The molecule has 1 amide bonds.